The van der Waals surface area contributed by atoms with Gasteiger partial charge in [-0.15, -0.1) is 0 Å². The highest BCUT2D eigenvalue weighted by Crippen LogP contribution is 2.52. The molecule has 1 aromatic heterocycles. The second-order valence-corrected chi connectivity index (χ2v) is 12.5. The Morgan fingerprint density at radius 1 is 0.500 bits per heavy atom. The molecule has 0 N–H and O–H groups in total. The van der Waals surface area contributed by atoms with Gasteiger partial charge in [0.1, 0.15) is 0 Å². The van der Waals surface area contributed by atoms with E-state index in [4.69, 9.17) is 0 Å². The van der Waals surface area contributed by atoms with E-state index in [-0.39, 0.29) is 5.41 Å². The smallest absolute Gasteiger partial charge is 0.0541 e. The second-order valence-electron chi connectivity index (χ2n) is 11.6. The van der Waals surface area contributed by atoms with Crippen LogP contribution in [0.15, 0.2) is 144 Å². The lowest BCUT2D eigenvalue weighted by Gasteiger charge is -2.42. The minimum atomic E-state index is -0.0881. The highest BCUT2D eigenvalue weighted by molar-refractivity contribution is 9.10. The van der Waals surface area contributed by atoms with Gasteiger partial charge in [0.25, 0.3) is 0 Å². The molecule has 0 atom stereocenters. The zero-order chi connectivity index (χ0) is 28.4. The molecule has 0 spiro atoms. The summed E-state index contributed by atoms with van der Waals surface area (Å²) in [5, 5.41) is 2.54. The summed E-state index contributed by atoms with van der Waals surface area (Å²) in [6.45, 7) is 4.66. The van der Waals surface area contributed by atoms with Crippen molar-refractivity contribution in [2.45, 2.75) is 19.3 Å². The molecule has 202 valence electrons. The molecule has 42 heavy (non-hydrogen) atoms. The number of para-hydroxylation sites is 4. The minimum absolute atomic E-state index is 0.0881. The maximum absolute atomic E-state index is 3.87. The van der Waals surface area contributed by atoms with E-state index >= 15 is 0 Å². The maximum atomic E-state index is 3.87. The average Bonchev–Trinajstić information content (AvgIpc) is 3.36. The first kappa shape index (κ1) is 25.1. The Bertz CT molecular complexity index is 2050. The molecule has 7 aromatic rings. The molecule has 0 unspecified atom stereocenters. The van der Waals surface area contributed by atoms with Crippen LogP contribution in [0, 0.1) is 0 Å². The number of rotatable bonds is 3. The molecule has 3 heteroatoms. The lowest BCUT2D eigenvalue weighted by atomic mass is 9.73. The van der Waals surface area contributed by atoms with Gasteiger partial charge < -0.3 is 9.47 Å². The summed E-state index contributed by atoms with van der Waals surface area (Å²) in [5.41, 5.74) is 12.1. The van der Waals surface area contributed by atoms with Crippen LogP contribution in [0.3, 0.4) is 0 Å². The Balaban J connectivity index is 1.30. The molecule has 0 saturated carbocycles. The fourth-order valence-electron chi connectivity index (χ4n) is 6.84. The van der Waals surface area contributed by atoms with Crippen LogP contribution in [0.5, 0.6) is 0 Å². The van der Waals surface area contributed by atoms with Gasteiger partial charge in [-0.25, -0.2) is 0 Å². The van der Waals surface area contributed by atoms with E-state index < -0.39 is 0 Å². The van der Waals surface area contributed by atoms with Gasteiger partial charge in [0.2, 0.25) is 0 Å². The van der Waals surface area contributed by atoms with Gasteiger partial charge in [-0.05, 0) is 76.9 Å². The first-order valence-corrected chi connectivity index (χ1v) is 15.2. The quantitative estimate of drug-likeness (QED) is 0.195. The van der Waals surface area contributed by atoms with Crippen LogP contribution in [0.4, 0.5) is 17.1 Å². The van der Waals surface area contributed by atoms with Gasteiger partial charge >= 0.3 is 0 Å². The van der Waals surface area contributed by atoms with Crippen molar-refractivity contribution in [1.29, 1.82) is 0 Å². The molecular formula is C39H29BrN2. The fourth-order valence-corrected chi connectivity index (χ4v) is 7.32. The van der Waals surface area contributed by atoms with Crippen molar-refractivity contribution in [1.82, 2.24) is 4.57 Å². The Hall–Kier alpha value is -4.60. The molecular weight excluding hydrogens is 576 g/mol. The number of hydrogen-bond donors (Lipinski definition) is 0. The normalized spacial score (nSPS) is 13.7. The first-order chi connectivity index (χ1) is 20.5. The average molecular weight is 606 g/mol. The second kappa shape index (κ2) is 9.47. The van der Waals surface area contributed by atoms with Crippen LogP contribution in [0.25, 0.3) is 38.6 Å². The molecule has 8 rings (SSSR count). The third-order valence-corrected chi connectivity index (χ3v) is 9.25. The molecule has 6 aromatic carbocycles. The van der Waals surface area contributed by atoms with Crippen molar-refractivity contribution >= 4 is 54.8 Å². The number of aromatic nitrogens is 1. The summed E-state index contributed by atoms with van der Waals surface area (Å²) in [4.78, 5) is 2.42. The SMILES string of the molecule is CC1(C)c2ccccc2N(c2cc(Br)cc(-c3cccc(-n4c5ccccc5c5ccccc54)c3)c2)c2ccccc21. The zero-order valence-electron chi connectivity index (χ0n) is 23.6. The fraction of sp³-hybridized carbons (Fsp3) is 0.0769. The van der Waals surface area contributed by atoms with Crippen molar-refractivity contribution in [2.75, 3.05) is 4.90 Å². The lowest BCUT2D eigenvalue weighted by Crippen LogP contribution is -2.30. The summed E-state index contributed by atoms with van der Waals surface area (Å²) in [7, 11) is 0. The van der Waals surface area contributed by atoms with E-state index in [0.29, 0.717) is 0 Å². The Morgan fingerprint density at radius 2 is 1.05 bits per heavy atom. The third-order valence-electron chi connectivity index (χ3n) is 8.80. The van der Waals surface area contributed by atoms with Crippen molar-refractivity contribution in [3.63, 3.8) is 0 Å². The van der Waals surface area contributed by atoms with Gasteiger partial charge in [-0.1, -0.05) is 115 Å². The van der Waals surface area contributed by atoms with Crippen LogP contribution in [-0.2, 0) is 5.41 Å². The molecule has 0 saturated heterocycles. The van der Waals surface area contributed by atoms with Crippen LogP contribution in [-0.4, -0.2) is 4.57 Å². The Labute approximate surface area is 254 Å². The molecule has 0 fully saturated rings. The van der Waals surface area contributed by atoms with Gasteiger partial charge in [-0.2, -0.15) is 0 Å². The number of benzene rings is 6. The van der Waals surface area contributed by atoms with E-state index in [0.717, 1.165) is 15.8 Å². The molecule has 0 radical (unpaired) electrons. The topological polar surface area (TPSA) is 8.17 Å². The summed E-state index contributed by atoms with van der Waals surface area (Å²) in [5.74, 6) is 0. The molecule has 0 bridgehead atoms. The van der Waals surface area contributed by atoms with E-state index in [1.165, 1.54) is 55.4 Å². The lowest BCUT2D eigenvalue weighted by molar-refractivity contribution is 0.632. The molecule has 1 aliphatic heterocycles. The molecule has 0 aliphatic carbocycles. The van der Waals surface area contributed by atoms with Crippen molar-refractivity contribution in [2.24, 2.45) is 0 Å². The van der Waals surface area contributed by atoms with Crippen LogP contribution >= 0.6 is 15.9 Å². The highest BCUT2D eigenvalue weighted by atomic mass is 79.9. The van der Waals surface area contributed by atoms with Crippen molar-refractivity contribution in [3.05, 3.63) is 155 Å². The van der Waals surface area contributed by atoms with E-state index in [1.807, 2.05) is 0 Å². The Morgan fingerprint density at radius 3 is 1.69 bits per heavy atom. The number of fused-ring (bicyclic) bond motifs is 5. The molecule has 2 heterocycles. The van der Waals surface area contributed by atoms with Gasteiger partial charge in [0, 0.05) is 32.0 Å². The van der Waals surface area contributed by atoms with Crippen molar-refractivity contribution in [3.8, 4) is 16.8 Å². The number of nitrogens with zero attached hydrogens (tertiary/aromatic N) is 2. The number of hydrogen-bond acceptors (Lipinski definition) is 1. The van der Waals surface area contributed by atoms with E-state index in [9.17, 15) is 0 Å². The standard InChI is InChI=1S/C39H29BrN2/c1-39(2)33-16-5-9-20-37(33)42(38-21-10-6-17-34(38)39)30-24-27(22-28(40)25-30)26-12-11-13-29(23-26)41-35-18-7-3-14-31(35)32-15-4-8-19-36(32)41/h3-25H,1-2H3. The highest BCUT2D eigenvalue weighted by Gasteiger charge is 2.36. The Kier molecular flexibility index (Phi) is 5.67. The number of anilines is 3. The molecule has 2 nitrogen and oxygen atoms in total. The maximum Gasteiger partial charge on any atom is 0.0541 e. The van der Waals surface area contributed by atoms with Crippen molar-refractivity contribution < 1.29 is 0 Å². The molecule has 1 aliphatic rings. The summed E-state index contributed by atoms with van der Waals surface area (Å²) >= 11 is 3.87. The van der Waals surface area contributed by atoms with Crippen LogP contribution < -0.4 is 4.90 Å². The monoisotopic (exact) mass is 604 g/mol. The number of halogens is 1. The van der Waals surface area contributed by atoms with Crippen LogP contribution in [0.2, 0.25) is 0 Å². The predicted octanol–water partition coefficient (Wildman–Crippen LogP) is 11.3. The van der Waals surface area contributed by atoms with Gasteiger partial charge in [0.05, 0.1) is 22.4 Å². The van der Waals surface area contributed by atoms with E-state index in [2.05, 4.69) is 179 Å². The molecule has 0 amide bonds. The summed E-state index contributed by atoms with van der Waals surface area (Å²) in [6, 6.07) is 50.6. The summed E-state index contributed by atoms with van der Waals surface area (Å²) in [6.07, 6.45) is 0. The zero-order valence-corrected chi connectivity index (χ0v) is 25.1. The third kappa shape index (κ3) is 3.77. The van der Waals surface area contributed by atoms with Gasteiger partial charge in [-0.3, -0.25) is 0 Å². The van der Waals surface area contributed by atoms with E-state index in [1.54, 1.807) is 0 Å². The van der Waals surface area contributed by atoms with Crippen LogP contribution in [0.1, 0.15) is 25.0 Å². The summed E-state index contributed by atoms with van der Waals surface area (Å²) < 4.78 is 3.43. The largest absolute Gasteiger partial charge is 0.310 e. The first-order valence-electron chi connectivity index (χ1n) is 14.4. The minimum Gasteiger partial charge on any atom is -0.310 e. The van der Waals surface area contributed by atoms with Gasteiger partial charge in [0.15, 0.2) is 0 Å². The predicted molar refractivity (Wildman–Crippen MR) is 181 cm³/mol.